The molecule has 2 aromatic heterocycles. The highest BCUT2D eigenvalue weighted by Gasteiger charge is 2.17. The van der Waals surface area contributed by atoms with Crippen LogP contribution in [0.4, 0.5) is 0 Å². The summed E-state index contributed by atoms with van der Waals surface area (Å²) in [5.74, 6) is 1.89. The van der Waals surface area contributed by atoms with Crippen LogP contribution in [-0.4, -0.2) is 15.0 Å². The van der Waals surface area contributed by atoms with Gasteiger partial charge in [-0.15, -0.1) is 0 Å². The van der Waals surface area contributed by atoms with Crippen LogP contribution in [0.3, 0.4) is 0 Å². The third-order valence-corrected chi connectivity index (χ3v) is 9.73. The molecule has 2 heterocycles. The molecule has 0 fully saturated rings. The van der Waals surface area contributed by atoms with Gasteiger partial charge < -0.3 is 4.42 Å². The van der Waals surface area contributed by atoms with Crippen molar-refractivity contribution < 1.29 is 4.42 Å². The Labute approximate surface area is 294 Å². The van der Waals surface area contributed by atoms with Gasteiger partial charge in [-0.2, -0.15) is 0 Å². The molecule has 0 radical (unpaired) electrons. The topological polar surface area (TPSA) is 51.8 Å². The van der Waals surface area contributed by atoms with Crippen molar-refractivity contribution in [2.45, 2.75) is 0 Å². The van der Waals surface area contributed by atoms with E-state index in [9.17, 15) is 0 Å². The number of aromatic nitrogens is 3. The Balaban J connectivity index is 1.09. The van der Waals surface area contributed by atoms with Gasteiger partial charge in [0.1, 0.15) is 11.2 Å². The zero-order valence-electron chi connectivity index (χ0n) is 27.5. The van der Waals surface area contributed by atoms with Gasteiger partial charge in [0.25, 0.3) is 0 Å². The molecule has 0 aliphatic heterocycles. The van der Waals surface area contributed by atoms with Crippen molar-refractivity contribution in [3.05, 3.63) is 176 Å². The van der Waals surface area contributed by atoms with Crippen molar-refractivity contribution in [1.29, 1.82) is 0 Å². The van der Waals surface area contributed by atoms with E-state index in [2.05, 4.69) is 158 Å². The van der Waals surface area contributed by atoms with Crippen molar-refractivity contribution in [3.8, 4) is 56.4 Å². The maximum Gasteiger partial charge on any atom is 0.164 e. The van der Waals surface area contributed by atoms with E-state index in [1.165, 1.54) is 16.5 Å². The quantitative estimate of drug-likeness (QED) is 0.186. The monoisotopic (exact) mass is 651 g/mol. The Bertz CT molecular complexity index is 2900. The second-order valence-electron chi connectivity index (χ2n) is 12.9. The molecule has 0 N–H and O–H groups in total. The standard InChI is InChI=1S/C47H29N3O/c1-2-9-30(10-3-1)32-17-19-33(20-18-32)36-23-25-40-42-28-38(24-26-43(42)51-44(40)29-36)46-48-45(37-22-21-31-11-4-5-13-35(31)27-37)49-47(50-46)41-16-8-14-34-12-6-7-15-39(34)41/h1-29H. The molecule has 0 saturated heterocycles. The lowest BCUT2D eigenvalue weighted by atomic mass is 9.99. The Morgan fingerprint density at radius 2 is 0.882 bits per heavy atom. The van der Waals surface area contributed by atoms with Crippen molar-refractivity contribution in [2.75, 3.05) is 0 Å². The minimum atomic E-state index is 0.613. The summed E-state index contributed by atoms with van der Waals surface area (Å²) in [4.78, 5) is 15.3. The molecule has 0 aliphatic carbocycles. The van der Waals surface area contributed by atoms with Crippen LogP contribution >= 0.6 is 0 Å². The van der Waals surface area contributed by atoms with E-state index in [0.29, 0.717) is 17.5 Å². The molecular weight excluding hydrogens is 623 g/mol. The van der Waals surface area contributed by atoms with Crippen molar-refractivity contribution in [2.24, 2.45) is 0 Å². The second-order valence-corrected chi connectivity index (χ2v) is 12.9. The van der Waals surface area contributed by atoms with Gasteiger partial charge in [-0.05, 0) is 80.2 Å². The Hall–Kier alpha value is -6.91. The molecule has 0 spiro atoms. The summed E-state index contributed by atoms with van der Waals surface area (Å²) in [5.41, 5.74) is 9.14. The van der Waals surface area contributed by atoms with E-state index in [0.717, 1.165) is 65.9 Å². The number of fused-ring (bicyclic) bond motifs is 5. The van der Waals surface area contributed by atoms with Gasteiger partial charge in [-0.1, -0.05) is 140 Å². The Morgan fingerprint density at radius 3 is 1.71 bits per heavy atom. The molecule has 0 bridgehead atoms. The van der Waals surface area contributed by atoms with Crippen LogP contribution in [0.15, 0.2) is 180 Å². The fourth-order valence-corrected chi connectivity index (χ4v) is 7.08. The van der Waals surface area contributed by atoms with Gasteiger partial charge in [0.2, 0.25) is 0 Å². The van der Waals surface area contributed by atoms with Crippen LogP contribution in [-0.2, 0) is 0 Å². The smallest absolute Gasteiger partial charge is 0.164 e. The molecular formula is C47H29N3O. The molecule has 4 nitrogen and oxygen atoms in total. The van der Waals surface area contributed by atoms with Crippen LogP contribution in [0, 0.1) is 0 Å². The lowest BCUT2D eigenvalue weighted by Crippen LogP contribution is -2.00. The highest BCUT2D eigenvalue weighted by atomic mass is 16.3. The molecule has 0 atom stereocenters. The average Bonchev–Trinajstić information content (AvgIpc) is 3.58. The largest absolute Gasteiger partial charge is 0.456 e. The number of benzene rings is 8. The number of furan rings is 1. The normalized spacial score (nSPS) is 11.5. The van der Waals surface area contributed by atoms with E-state index >= 15 is 0 Å². The summed E-state index contributed by atoms with van der Waals surface area (Å²) in [6.45, 7) is 0. The number of rotatable bonds is 5. The van der Waals surface area contributed by atoms with E-state index < -0.39 is 0 Å². The fourth-order valence-electron chi connectivity index (χ4n) is 7.08. The summed E-state index contributed by atoms with van der Waals surface area (Å²) in [7, 11) is 0. The Kier molecular flexibility index (Phi) is 6.78. The molecule has 238 valence electrons. The molecule has 0 unspecified atom stereocenters. The highest BCUT2D eigenvalue weighted by Crippen LogP contribution is 2.36. The molecule has 10 rings (SSSR count). The summed E-state index contributed by atoms with van der Waals surface area (Å²) in [6, 6.07) is 61.1. The SMILES string of the molecule is c1ccc(-c2ccc(-c3ccc4c(c3)oc3ccc(-c5nc(-c6ccc7ccccc7c6)nc(-c6cccc7ccccc67)n5)cc34)cc2)cc1. The lowest BCUT2D eigenvalue weighted by molar-refractivity contribution is 0.669. The molecule has 0 amide bonds. The first-order chi connectivity index (χ1) is 25.2. The molecule has 10 aromatic rings. The molecule has 8 aromatic carbocycles. The van der Waals surface area contributed by atoms with Crippen LogP contribution < -0.4 is 0 Å². The van der Waals surface area contributed by atoms with Crippen LogP contribution in [0.25, 0.3) is 99.9 Å². The summed E-state index contributed by atoms with van der Waals surface area (Å²) in [6.07, 6.45) is 0. The summed E-state index contributed by atoms with van der Waals surface area (Å²) >= 11 is 0. The van der Waals surface area contributed by atoms with Gasteiger partial charge in [0.05, 0.1) is 0 Å². The van der Waals surface area contributed by atoms with Gasteiger partial charge in [-0.25, -0.2) is 15.0 Å². The molecule has 51 heavy (non-hydrogen) atoms. The van der Waals surface area contributed by atoms with Gasteiger partial charge in [0.15, 0.2) is 17.5 Å². The molecule has 4 heteroatoms. The molecule has 0 saturated carbocycles. The highest BCUT2D eigenvalue weighted by molar-refractivity contribution is 6.07. The third kappa shape index (κ3) is 5.22. The van der Waals surface area contributed by atoms with Crippen molar-refractivity contribution in [1.82, 2.24) is 15.0 Å². The minimum absolute atomic E-state index is 0.613. The maximum absolute atomic E-state index is 6.42. The first-order valence-corrected chi connectivity index (χ1v) is 17.1. The Morgan fingerprint density at radius 1 is 0.294 bits per heavy atom. The fraction of sp³-hybridized carbons (Fsp3) is 0. The van der Waals surface area contributed by atoms with E-state index in [1.54, 1.807) is 0 Å². The number of hydrogen-bond acceptors (Lipinski definition) is 4. The van der Waals surface area contributed by atoms with Crippen LogP contribution in [0.1, 0.15) is 0 Å². The van der Waals surface area contributed by atoms with E-state index in [4.69, 9.17) is 19.4 Å². The number of hydrogen-bond donors (Lipinski definition) is 0. The average molecular weight is 652 g/mol. The number of nitrogens with zero attached hydrogens (tertiary/aromatic N) is 3. The first-order valence-electron chi connectivity index (χ1n) is 17.1. The van der Waals surface area contributed by atoms with Crippen molar-refractivity contribution >= 4 is 43.5 Å². The van der Waals surface area contributed by atoms with Crippen molar-refractivity contribution in [3.63, 3.8) is 0 Å². The van der Waals surface area contributed by atoms with E-state index in [-0.39, 0.29) is 0 Å². The zero-order valence-corrected chi connectivity index (χ0v) is 27.5. The summed E-state index contributed by atoms with van der Waals surface area (Å²) in [5, 5.41) is 6.63. The molecule has 0 aliphatic rings. The second kappa shape index (κ2) is 11.9. The zero-order chi connectivity index (χ0) is 33.7. The van der Waals surface area contributed by atoms with Gasteiger partial charge in [-0.3, -0.25) is 0 Å². The predicted molar refractivity (Wildman–Crippen MR) is 209 cm³/mol. The van der Waals surface area contributed by atoms with Gasteiger partial charge in [0, 0.05) is 27.5 Å². The third-order valence-electron chi connectivity index (χ3n) is 9.73. The maximum atomic E-state index is 6.42. The first kappa shape index (κ1) is 29.0. The minimum Gasteiger partial charge on any atom is -0.456 e. The predicted octanol–water partition coefficient (Wildman–Crippen LogP) is 12.4. The van der Waals surface area contributed by atoms with Crippen LogP contribution in [0.5, 0.6) is 0 Å². The summed E-state index contributed by atoms with van der Waals surface area (Å²) < 4.78 is 6.42. The van der Waals surface area contributed by atoms with E-state index in [1.807, 2.05) is 18.2 Å². The lowest BCUT2D eigenvalue weighted by Gasteiger charge is -2.11. The van der Waals surface area contributed by atoms with Gasteiger partial charge >= 0.3 is 0 Å². The van der Waals surface area contributed by atoms with Crippen LogP contribution in [0.2, 0.25) is 0 Å².